The van der Waals surface area contributed by atoms with Gasteiger partial charge in [0.2, 0.25) is 5.91 Å². The second kappa shape index (κ2) is 7.11. The Hall–Kier alpha value is -1.59. The van der Waals surface area contributed by atoms with Gasteiger partial charge in [-0.15, -0.1) is 12.4 Å². The van der Waals surface area contributed by atoms with Crippen molar-refractivity contribution in [1.29, 1.82) is 0 Å². The summed E-state index contributed by atoms with van der Waals surface area (Å²) in [6, 6.07) is 5.58. The van der Waals surface area contributed by atoms with E-state index in [9.17, 15) is 4.79 Å². The normalized spacial score (nSPS) is 20.8. The zero-order chi connectivity index (χ0) is 14.8. The molecular weight excluding hydrogens is 302 g/mol. The topological polar surface area (TPSA) is 81.2 Å². The maximum Gasteiger partial charge on any atom is 0.227 e. The van der Waals surface area contributed by atoms with Gasteiger partial charge in [0.25, 0.3) is 0 Å². The van der Waals surface area contributed by atoms with Crippen LogP contribution >= 0.6 is 12.4 Å². The van der Waals surface area contributed by atoms with Gasteiger partial charge < -0.3 is 15.5 Å². The number of carbonyl (C=O) groups is 1. The molecule has 1 saturated carbocycles. The summed E-state index contributed by atoms with van der Waals surface area (Å²) in [4.78, 5) is 16.8. The average Bonchev–Trinajstić information content (AvgIpc) is 3.12. The van der Waals surface area contributed by atoms with E-state index >= 15 is 0 Å². The van der Waals surface area contributed by atoms with Gasteiger partial charge in [-0.05, 0) is 43.5 Å². The van der Waals surface area contributed by atoms with Gasteiger partial charge in [0.1, 0.15) is 5.52 Å². The van der Waals surface area contributed by atoms with Gasteiger partial charge in [-0.25, -0.2) is 4.98 Å². The van der Waals surface area contributed by atoms with Crippen molar-refractivity contribution in [2.24, 2.45) is 17.6 Å². The van der Waals surface area contributed by atoms with Crippen LogP contribution in [0.5, 0.6) is 0 Å². The molecule has 1 amide bonds. The molecule has 1 heterocycles. The van der Waals surface area contributed by atoms with E-state index in [1.165, 1.54) is 0 Å². The van der Waals surface area contributed by atoms with Crippen LogP contribution in [0.15, 0.2) is 22.6 Å². The summed E-state index contributed by atoms with van der Waals surface area (Å²) in [5.74, 6) is 1.13. The molecule has 1 aromatic heterocycles. The van der Waals surface area contributed by atoms with Gasteiger partial charge in [0, 0.05) is 18.0 Å². The Kier molecular flexibility index (Phi) is 5.42. The van der Waals surface area contributed by atoms with Gasteiger partial charge in [-0.1, -0.05) is 13.3 Å². The van der Waals surface area contributed by atoms with Crippen LogP contribution in [0.3, 0.4) is 0 Å². The monoisotopic (exact) mass is 323 g/mol. The van der Waals surface area contributed by atoms with Crippen molar-refractivity contribution in [1.82, 2.24) is 4.98 Å². The van der Waals surface area contributed by atoms with E-state index in [1.54, 1.807) is 0 Å². The van der Waals surface area contributed by atoms with E-state index in [0.717, 1.165) is 42.5 Å². The zero-order valence-electron chi connectivity index (χ0n) is 12.7. The molecule has 3 N–H and O–H groups in total. The number of carbonyl (C=O) groups excluding carboxylic acids is 1. The van der Waals surface area contributed by atoms with Crippen LogP contribution in [-0.4, -0.2) is 17.4 Å². The van der Waals surface area contributed by atoms with Crippen LogP contribution in [-0.2, 0) is 11.2 Å². The second-order valence-corrected chi connectivity index (χ2v) is 5.67. The zero-order valence-corrected chi connectivity index (χ0v) is 13.5. The van der Waals surface area contributed by atoms with Crippen molar-refractivity contribution in [3.05, 3.63) is 24.1 Å². The van der Waals surface area contributed by atoms with E-state index in [2.05, 4.69) is 10.3 Å². The Morgan fingerprint density at radius 1 is 1.45 bits per heavy atom. The van der Waals surface area contributed by atoms with Gasteiger partial charge >= 0.3 is 0 Å². The predicted molar refractivity (Wildman–Crippen MR) is 89.2 cm³/mol. The van der Waals surface area contributed by atoms with Crippen LogP contribution < -0.4 is 11.1 Å². The lowest BCUT2D eigenvalue weighted by atomic mass is 9.95. The standard InChI is InChI=1S/C16H21N3O2.ClH/c1-2-15-19-13-8-11(6-7-14(13)21-15)18-16(20)12-5-3-4-10(12)9-17;/h6-8,10,12H,2-5,9,17H2,1H3,(H,18,20);1H/t10-,12-;/m1./s1. The molecule has 0 unspecified atom stereocenters. The Bertz CT molecular complexity index is 656. The Labute approximate surface area is 136 Å². The van der Waals surface area contributed by atoms with Crippen molar-refractivity contribution >= 4 is 35.1 Å². The number of hydrogen-bond acceptors (Lipinski definition) is 4. The highest BCUT2D eigenvalue weighted by molar-refractivity contribution is 5.94. The van der Waals surface area contributed by atoms with Gasteiger partial charge in [-0.3, -0.25) is 4.79 Å². The maximum absolute atomic E-state index is 12.4. The van der Waals surface area contributed by atoms with E-state index in [1.807, 2.05) is 25.1 Å². The van der Waals surface area contributed by atoms with Crippen LogP contribution in [0.25, 0.3) is 11.1 Å². The number of aryl methyl sites for hydroxylation is 1. The average molecular weight is 324 g/mol. The minimum atomic E-state index is 0. The summed E-state index contributed by atoms with van der Waals surface area (Å²) < 4.78 is 5.57. The third kappa shape index (κ3) is 3.25. The number of oxazole rings is 1. The van der Waals surface area contributed by atoms with Crippen LogP contribution in [0, 0.1) is 11.8 Å². The number of nitrogens with one attached hydrogen (secondary N) is 1. The smallest absolute Gasteiger partial charge is 0.227 e. The highest BCUT2D eigenvalue weighted by Gasteiger charge is 2.31. The molecule has 5 nitrogen and oxygen atoms in total. The first-order chi connectivity index (χ1) is 10.2. The molecule has 0 bridgehead atoms. The first-order valence-corrected chi connectivity index (χ1v) is 7.61. The molecule has 3 rings (SSSR count). The number of amides is 1. The fourth-order valence-corrected chi connectivity index (χ4v) is 3.10. The number of nitrogens with two attached hydrogens (primary N) is 1. The summed E-state index contributed by atoms with van der Waals surface area (Å²) in [5, 5.41) is 2.99. The molecule has 2 atom stereocenters. The number of anilines is 1. The SMILES string of the molecule is CCc1nc2cc(NC(=O)[C@@H]3CCC[C@@H]3CN)ccc2o1.Cl. The largest absolute Gasteiger partial charge is 0.441 e. The van der Waals surface area contributed by atoms with Crippen molar-refractivity contribution in [3.63, 3.8) is 0 Å². The Morgan fingerprint density at radius 2 is 2.27 bits per heavy atom. The molecule has 6 heteroatoms. The Morgan fingerprint density at radius 3 is 3.00 bits per heavy atom. The molecule has 22 heavy (non-hydrogen) atoms. The molecular formula is C16H22ClN3O2. The predicted octanol–water partition coefficient (Wildman–Crippen LogP) is 3.13. The number of benzene rings is 1. The third-order valence-electron chi connectivity index (χ3n) is 4.30. The molecule has 120 valence electrons. The fraction of sp³-hybridized carbons (Fsp3) is 0.500. The lowest BCUT2D eigenvalue weighted by molar-refractivity contribution is -0.120. The maximum atomic E-state index is 12.4. The molecule has 0 aliphatic heterocycles. The molecule has 0 radical (unpaired) electrons. The number of aromatic nitrogens is 1. The first kappa shape index (κ1) is 16.8. The molecule has 1 fully saturated rings. The Balaban J connectivity index is 0.00000176. The van der Waals surface area contributed by atoms with Gasteiger partial charge in [0.05, 0.1) is 0 Å². The minimum Gasteiger partial charge on any atom is -0.441 e. The highest BCUT2D eigenvalue weighted by Crippen LogP contribution is 2.32. The van der Waals surface area contributed by atoms with Crippen molar-refractivity contribution in [3.8, 4) is 0 Å². The van der Waals surface area contributed by atoms with E-state index in [4.69, 9.17) is 10.2 Å². The van der Waals surface area contributed by atoms with Crippen molar-refractivity contribution in [2.45, 2.75) is 32.6 Å². The van der Waals surface area contributed by atoms with Gasteiger partial charge in [0.15, 0.2) is 11.5 Å². The summed E-state index contributed by atoms with van der Waals surface area (Å²) in [7, 11) is 0. The van der Waals surface area contributed by atoms with Crippen molar-refractivity contribution in [2.75, 3.05) is 11.9 Å². The number of halogens is 1. The van der Waals surface area contributed by atoms with Gasteiger partial charge in [-0.2, -0.15) is 0 Å². The van der Waals surface area contributed by atoms with Crippen LogP contribution in [0.2, 0.25) is 0 Å². The van der Waals surface area contributed by atoms with Crippen LogP contribution in [0.4, 0.5) is 5.69 Å². The summed E-state index contributed by atoms with van der Waals surface area (Å²) in [6.07, 6.45) is 3.83. The number of nitrogens with zero attached hydrogens (tertiary/aromatic N) is 1. The summed E-state index contributed by atoms with van der Waals surface area (Å²) in [6.45, 7) is 2.58. The highest BCUT2D eigenvalue weighted by atomic mass is 35.5. The quantitative estimate of drug-likeness (QED) is 0.905. The number of fused-ring (bicyclic) bond motifs is 1. The van der Waals surface area contributed by atoms with E-state index in [0.29, 0.717) is 18.4 Å². The van der Waals surface area contributed by atoms with E-state index in [-0.39, 0.29) is 24.2 Å². The number of rotatable bonds is 4. The van der Waals surface area contributed by atoms with E-state index < -0.39 is 0 Å². The summed E-state index contributed by atoms with van der Waals surface area (Å²) in [5.41, 5.74) is 8.05. The minimum absolute atomic E-state index is 0. The molecule has 1 aliphatic carbocycles. The molecule has 0 saturated heterocycles. The third-order valence-corrected chi connectivity index (χ3v) is 4.30. The first-order valence-electron chi connectivity index (χ1n) is 7.61. The lowest BCUT2D eigenvalue weighted by Crippen LogP contribution is -2.29. The molecule has 0 spiro atoms. The fourth-order valence-electron chi connectivity index (χ4n) is 3.10. The molecule has 1 aromatic carbocycles. The lowest BCUT2D eigenvalue weighted by Gasteiger charge is -2.17. The number of hydrogen-bond donors (Lipinski definition) is 2. The van der Waals surface area contributed by atoms with Crippen molar-refractivity contribution < 1.29 is 9.21 Å². The summed E-state index contributed by atoms with van der Waals surface area (Å²) >= 11 is 0. The van der Waals surface area contributed by atoms with Crippen LogP contribution in [0.1, 0.15) is 32.1 Å². The molecule has 1 aliphatic rings. The second-order valence-electron chi connectivity index (χ2n) is 5.67. The molecule has 2 aromatic rings.